The average Bonchev–Trinajstić information content (AvgIpc) is 2.55. The molecule has 0 saturated heterocycles. The van der Waals surface area contributed by atoms with Gasteiger partial charge in [0, 0.05) is 0 Å². The smallest absolute Gasteiger partial charge is 0.331 e. The summed E-state index contributed by atoms with van der Waals surface area (Å²) in [4.78, 5) is 25.7. The summed E-state index contributed by atoms with van der Waals surface area (Å²) in [5, 5.41) is 2.96. The largest absolute Gasteiger partial charge is 0.423 e. The van der Waals surface area contributed by atoms with Crippen molar-refractivity contribution >= 4 is 17.6 Å². The first-order valence-corrected chi connectivity index (χ1v) is 7.52. The van der Waals surface area contributed by atoms with Crippen molar-refractivity contribution in [2.75, 3.05) is 18.0 Å². The molecule has 2 aromatic rings. The second-order valence-electron chi connectivity index (χ2n) is 5.50. The quantitative estimate of drug-likeness (QED) is 0.695. The molecule has 1 aliphatic heterocycles. The summed E-state index contributed by atoms with van der Waals surface area (Å²) in [6.07, 6.45) is 0. The lowest BCUT2D eigenvalue weighted by atomic mass is 10.1. The molecule has 2 aromatic carbocycles. The zero-order valence-electron chi connectivity index (χ0n) is 12.9. The van der Waals surface area contributed by atoms with E-state index in [2.05, 4.69) is 5.32 Å². The van der Waals surface area contributed by atoms with Crippen LogP contribution in [-0.2, 0) is 9.59 Å². The van der Waals surface area contributed by atoms with Crippen LogP contribution in [0.25, 0.3) is 0 Å². The summed E-state index contributed by atoms with van der Waals surface area (Å²) in [5.41, 5.74) is 1.80. The number of ether oxygens (including phenoxy) is 1. The van der Waals surface area contributed by atoms with Crippen molar-refractivity contribution in [1.29, 1.82) is 0 Å². The van der Waals surface area contributed by atoms with Crippen LogP contribution in [0.4, 0.5) is 5.69 Å². The van der Waals surface area contributed by atoms with Gasteiger partial charge in [-0.2, -0.15) is 0 Å². The van der Waals surface area contributed by atoms with Gasteiger partial charge in [0.1, 0.15) is 6.54 Å². The SMILES string of the molecule is CC(NC(=O)CN1CC(=O)Oc2ccccc21)c1ccccc1. The predicted molar refractivity (Wildman–Crippen MR) is 87.3 cm³/mol. The summed E-state index contributed by atoms with van der Waals surface area (Å²) in [5.74, 6) is 0.00567. The molecule has 23 heavy (non-hydrogen) atoms. The molecule has 0 aliphatic carbocycles. The minimum atomic E-state index is -0.354. The number of amides is 1. The molecule has 1 aliphatic rings. The molecular formula is C18H18N2O3. The minimum Gasteiger partial charge on any atom is -0.423 e. The number of fused-ring (bicyclic) bond motifs is 1. The Kier molecular flexibility index (Phi) is 4.28. The lowest BCUT2D eigenvalue weighted by Crippen LogP contribution is -2.43. The fraction of sp³-hybridized carbons (Fsp3) is 0.222. The molecule has 1 heterocycles. The molecule has 0 spiro atoms. The molecule has 0 aromatic heterocycles. The van der Waals surface area contributed by atoms with E-state index in [1.54, 1.807) is 17.0 Å². The standard InChI is InChI=1S/C18H18N2O3/c1-13(14-7-3-2-4-8-14)19-17(21)11-20-12-18(22)23-16-10-6-5-9-15(16)20/h2-10,13H,11-12H2,1H3,(H,19,21). The Morgan fingerprint density at radius 3 is 2.65 bits per heavy atom. The summed E-state index contributed by atoms with van der Waals surface area (Å²) < 4.78 is 5.18. The van der Waals surface area contributed by atoms with Crippen LogP contribution in [0, 0.1) is 0 Å². The number of hydrogen-bond donors (Lipinski definition) is 1. The van der Waals surface area contributed by atoms with Crippen LogP contribution in [0.5, 0.6) is 5.75 Å². The maximum atomic E-state index is 12.3. The highest BCUT2D eigenvalue weighted by Gasteiger charge is 2.25. The highest BCUT2D eigenvalue weighted by atomic mass is 16.5. The van der Waals surface area contributed by atoms with Crippen LogP contribution in [-0.4, -0.2) is 25.0 Å². The third-order valence-electron chi connectivity index (χ3n) is 3.76. The number of anilines is 1. The number of carbonyl (C=O) groups excluding carboxylic acids is 2. The lowest BCUT2D eigenvalue weighted by Gasteiger charge is -2.29. The van der Waals surface area contributed by atoms with Gasteiger partial charge in [-0.15, -0.1) is 0 Å². The Balaban J connectivity index is 1.67. The van der Waals surface area contributed by atoms with Gasteiger partial charge in [-0.05, 0) is 24.6 Å². The molecule has 1 atom stereocenters. The Labute approximate surface area is 134 Å². The molecule has 5 heteroatoms. The Morgan fingerprint density at radius 2 is 1.87 bits per heavy atom. The second-order valence-corrected chi connectivity index (χ2v) is 5.50. The van der Waals surface area contributed by atoms with E-state index in [-0.39, 0.29) is 31.0 Å². The van der Waals surface area contributed by atoms with Gasteiger partial charge in [0.05, 0.1) is 18.3 Å². The number of benzene rings is 2. The van der Waals surface area contributed by atoms with E-state index < -0.39 is 0 Å². The first-order valence-electron chi connectivity index (χ1n) is 7.52. The summed E-state index contributed by atoms with van der Waals surface area (Å²) in [7, 11) is 0. The Hall–Kier alpha value is -2.82. The van der Waals surface area contributed by atoms with E-state index in [9.17, 15) is 9.59 Å². The number of nitrogens with one attached hydrogen (secondary N) is 1. The zero-order valence-corrected chi connectivity index (χ0v) is 12.9. The van der Waals surface area contributed by atoms with Crippen molar-refractivity contribution in [2.24, 2.45) is 0 Å². The number of carbonyl (C=O) groups is 2. The van der Waals surface area contributed by atoms with Crippen molar-refractivity contribution in [3.63, 3.8) is 0 Å². The number of para-hydroxylation sites is 2. The molecule has 5 nitrogen and oxygen atoms in total. The molecule has 1 amide bonds. The van der Waals surface area contributed by atoms with Gasteiger partial charge in [0.15, 0.2) is 5.75 Å². The van der Waals surface area contributed by atoms with Gasteiger partial charge in [0.2, 0.25) is 5.91 Å². The first-order chi connectivity index (χ1) is 11.1. The second kappa shape index (κ2) is 6.52. The van der Waals surface area contributed by atoms with E-state index in [1.807, 2.05) is 49.4 Å². The number of nitrogens with zero attached hydrogens (tertiary/aromatic N) is 1. The van der Waals surface area contributed by atoms with Crippen molar-refractivity contribution in [3.05, 3.63) is 60.2 Å². The third kappa shape index (κ3) is 3.51. The van der Waals surface area contributed by atoms with Gasteiger partial charge in [0.25, 0.3) is 0 Å². The molecule has 1 N–H and O–H groups in total. The topological polar surface area (TPSA) is 58.6 Å². The molecule has 0 radical (unpaired) electrons. The minimum absolute atomic E-state index is 0.0736. The summed E-state index contributed by atoms with van der Waals surface area (Å²) >= 11 is 0. The van der Waals surface area contributed by atoms with Crippen LogP contribution in [0.1, 0.15) is 18.5 Å². The molecule has 0 bridgehead atoms. The van der Waals surface area contributed by atoms with Gasteiger partial charge < -0.3 is 15.0 Å². The average molecular weight is 310 g/mol. The number of esters is 1. The van der Waals surface area contributed by atoms with E-state index in [0.717, 1.165) is 11.3 Å². The van der Waals surface area contributed by atoms with E-state index in [4.69, 9.17) is 4.74 Å². The fourth-order valence-corrected chi connectivity index (χ4v) is 2.63. The molecule has 0 fully saturated rings. The van der Waals surface area contributed by atoms with E-state index in [0.29, 0.717) is 5.75 Å². The predicted octanol–water partition coefficient (Wildman–Crippen LogP) is 2.29. The zero-order chi connectivity index (χ0) is 16.2. The van der Waals surface area contributed by atoms with Crippen LogP contribution >= 0.6 is 0 Å². The van der Waals surface area contributed by atoms with Crippen molar-refractivity contribution in [2.45, 2.75) is 13.0 Å². The summed E-state index contributed by atoms with van der Waals surface area (Å²) in [6, 6.07) is 16.9. The third-order valence-corrected chi connectivity index (χ3v) is 3.76. The summed E-state index contributed by atoms with van der Waals surface area (Å²) in [6.45, 7) is 2.12. The van der Waals surface area contributed by atoms with E-state index >= 15 is 0 Å². The number of hydrogen-bond acceptors (Lipinski definition) is 4. The van der Waals surface area contributed by atoms with E-state index in [1.165, 1.54) is 0 Å². The lowest BCUT2D eigenvalue weighted by molar-refractivity contribution is -0.133. The fourth-order valence-electron chi connectivity index (χ4n) is 2.63. The first kappa shape index (κ1) is 15.1. The molecular weight excluding hydrogens is 292 g/mol. The Bertz CT molecular complexity index is 715. The molecule has 1 unspecified atom stereocenters. The molecule has 3 rings (SSSR count). The molecule has 0 saturated carbocycles. The molecule has 118 valence electrons. The van der Waals surface area contributed by atoms with Gasteiger partial charge in [-0.3, -0.25) is 4.79 Å². The van der Waals surface area contributed by atoms with Crippen LogP contribution in [0.3, 0.4) is 0 Å². The van der Waals surface area contributed by atoms with Crippen molar-refractivity contribution in [1.82, 2.24) is 5.32 Å². The maximum absolute atomic E-state index is 12.3. The van der Waals surface area contributed by atoms with Crippen LogP contribution in [0.2, 0.25) is 0 Å². The van der Waals surface area contributed by atoms with Gasteiger partial charge in [-0.1, -0.05) is 42.5 Å². The Morgan fingerprint density at radius 1 is 1.17 bits per heavy atom. The monoisotopic (exact) mass is 310 g/mol. The normalized spacial score (nSPS) is 14.7. The maximum Gasteiger partial charge on any atom is 0.331 e. The highest BCUT2D eigenvalue weighted by molar-refractivity contribution is 5.89. The van der Waals surface area contributed by atoms with Crippen molar-refractivity contribution in [3.8, 4) is 5.75 Å². The van der Waals surface area contributed by atoms with Crippen molar-refractivity contribution < 1.29 is 14.3 Å². The van der Waals surface area contributed by atoms with Crippen LogP contribution in [0.15, 0.2) is 54.6 Å². The van der Waals surface area contributed by atoms with Gasteiger partial charge in [-0.25, -0.2) is 4.79 Å². The van der Waals surface area contributed by atoms with Crippen LogP contribution < -0.4 is 15.0 Å². The van der Waals surface area contributed by atoms with Gasteiger partial charge >= 0.3 is 5.97 Å². The highest BCUT2D eigenvalue weighted by Crippen LogP contribution is 2.31. The number of rotatable bonds is 4.